The van der Waals surface area contributed by atoms with Gasteiger partial charge in [-0.15, -0.1) is 0 Å². The van der Waals surface area contributed by atoms with E-state index >= 15 is 0 Å². The van der Waals surface area contributed by atoms with E-state index in [0.29, 0.717) is 30.1 Å². The molecule has 4 rings (SSSR count). The average Bonchev–Trinajstić information content (AvgIpc) is 2.99. The molecule has 0 spiro atoms. The molecule has 4 nitrogen and oxygen atoms in total. The fourth-order valence-electron chi connectivity index (χ4n) is 9.64. The molecule has 4 aliphatic carbocycles. The maximum atomic E-state index is 11.9. The molecule has 0 bridgehead atoms. The molecule has 4 aliphatic rings. The first-order valence-electron chi connectivity index (χ1n) is 14.0. The molecule has 3 fully saturated rings. The van der Waals surface area contributed by atoms with E-state index in [0.717, 1.165) is 32.1 Å². The zero-order valence-corrected chi connectivity index (χ0v) is 23.1. The quantitative estimate of drug-likeness (QED) is 0.397. The third kappa shape index (κ3) is 3.60. The Balaban J connectivity index is 1.63. The molecular weight excluding hydrogens is 424 g/mol. The predicted molar refractivity (Wildman–Crippen MR) is 137 cm³/mol. The van der Waals surface area contributed by atoms with Crippen LogP contribution in [0.3, 0.4) is 0 Å². The summed E-state index contributed by atoms with van der Waals surface area (Å²) in [5, 5.41) is 43.3. The first-order chi connectivity index (χ1) is 15.5. The lowest BCUT2D eigenvalue weighted by Crippen LogP contribution is -2.64. The van der Waals surface area contributed by atoms with Crippen LogP contribution in [0.15, 0.2) is 11.6 Å². The van der Waals surface area contributed by atoms with Crippen molar-refractivity contribution in [2.45, 2.75) is 131 Å². The molecule has 3 saturated carbocycles. The highest BCUT2D eigenvalue weighted by Crippen LogP contribution is 2.74. The second kappa shape index (κ2) is 8.30. The van der Waals surface area contributed by atoms with E-state index in [2.05, 4.69) is 47.6 Å². The van der Waals surface area contributed by atoms with E-state index in [1.54, 1.807) is 13.8 Å². The highest BCUT2D eigenvalue weighted by atomic mass is 16.3. The van der Waals surface area contributed by atoms with Gasteiger partial charge in [0.2, 0.25) is 0 Å². The summed E-state index contributed by atoms with van der Waals surface area (Å²) in [4.78, 5) is 0. The zero-order valence-electron chi connectivity index (χ0n) is 23.1. The van der Waals surface area contributed by atoms with Crippen molar-refractivity contribution in [3.05, 3.63) is 11.6 Å². The summed E-state index contributed by atoms with van der Waals surface area (Å²) in [5.74, 6) is 1.74. The van der Waals surface area contributed by atoms with Crippen molar-refractivity contribution < 1.29 is 20.4 Å². The number of aliphatic hydroxyl groups excluding tert-OH is 3. The lowest BCUT2D eigenvalue weighted by atomic mass is 9.38. The Morgan fingerprint density at radius 1 is 0.971 bits per heavy atom. The summed E-state index contributed by atoms with van der Waals surface area (Å²) in [7, 11) is 0. The Hall–Kier alpha value is -0.420. The highest BCUT2D eigenvalue weighted by Gasteiger charge is 2.70. The molecule has 4 heteroatoms. The fraction of sp³-hybridized carbons (Fsp3) is 0.933. The van der Waals surface area contributed by atoms with Gasteiger partial charge in [0.05, 0.1) is 23.9 Å². The van der Waals surface area contributed by atoms with Crippen LogP contribution in [-0.4, -0.2) is 44.3 Å². The number of aliphatic hydroxyl groups is 4. The van der Waals surface area contributed by atoms with Crippen molar-refractivity contribution in [3.8, 4) is 0 Å². The van der Waals surface area contributed by atoms with Gasteiger partial charge in [-0.05, 0) is 99.7 Å². The second-order valence-electron chi connectivity index (χ2n) is 14.6. The number of hydrogen-bond donors (Lipinski definition) is 4. The van der Waals surface area contributed by atoms with Crippen molar-refractivity contribution in [3.63, 3.8) is 0 Å². The lowest BCUT2D eigenvalue weighted by molar-refractivity contribution is -0.204. The van der Waals surface area contributed by atoms with Crippen LogP contribution < -0.4 is 0 Å². The van der Waals surface area contributed by atoms with Gasteiger partial charge >= 0.3 is 0 Å². The Bertz CT molecular complexity index is 811. The molecule has 0 aromatic heterocycles. The smallest absolute Gasteiger partial charge is 0.0849 e. The van der Waals surface area contributed by atoms with Crippen LogP contribution in [0.5, 0.6) is 0 Å². The molecule has 0 heterocycles. The molecule has 0 aromatic rings. The van der Waals surface area contributed by atoms with Gasteiger partial charge in [0.1, 0.15) is 0 Å². The summed E-state index contributed by atoms with van der Waals surface area (Å²) < 4.78 is 0. The summed E-state index contributed by atoms with van der Waals surface area (Å²) in [6.45, 7) is 17.4. The Morgan fingerprint density at radius 3 is 2.24 bits per heavy atom. The van der Waals surface area contributed by atoms with Crippen LogP contribution >= 0.6 is 0 Å². The third-order valence-electron chi connectivity index (χ3n) is 12.4. The Kier molecular flexibility index (Phi) is 6.50. The van der Waals surface area contributed by atoms with Gasteiger partial charge in [0, 0.05) is 10.8 Å². The van der Waals surface area contributed by atoms with E-state index in [-0.39, 0.29) is 33.9 Å². The molecule has 34 heavy (non-hydrogen) atoms. The number of fused-ring (bicyclic) bond motifs is 5. The molecule has 0 unspecified atom stereocenters. The average molecular weight is 477 g/mol. The van der Waals surface area contributed by atoms with Crippen molar-refractivity contribution in [1.29, 1.82) is 0 Å². The standard InChI is InChI=1S/C30H52O4/c1-18(9-13-24(32)27(4,5)34)19-15-16-28(6)22-12-10-20-21(11-14-23(31)26(20,2)3)30(22,8)25(33)17-29(19,28)7/h10,18-19,21-25,31-34H,9,11-17H2,1-8H3/t18-,19-,21-,22+,23+,24-,25-,28+,29-,30+/m0/s1. The zero-order chi connectivity index (χ0) is 25.5. The van der Waals surface area contributed by atoms with E-state index in [9.17, 15) is 20.4 Å². The Labute approximate surface area is 208 Å². The van der Waals surface area contributed by atoms with Crippen LogP contribution in [-0.2, 0) is 0 Å². The summed E-state index contributed by atoms with van der Waals surface area (Å²) in [6, 6.07) is 0. The fourth-order valence-corrected chi connectivity index (χ4v) is 9.64. The van der Waals surface area contributed by atoms with Crippen LogP contribution in [0.2, 0.25) is 0 Å². The molecule has 10 atom stereocenters. The van der Waals surface area contributed by atoms with Crippen molar-refractivity contribution >= 4 is 0 Å². The molecule has 0 aromatic carbocycles. The highest BCUT2D eigenvalue weighted by molar-refractivity contribution is 5.31. The van der Waals surface area contributed by atoms with Gasteiger partial charge < -0.3 is 20.4 Å². The SMILES string of the molecule is C[C@@H](CC[C@H](O)C(C)(C)O)[C@@H]1CC[C@]2(C)[C@H]3CC=C4[C@H](CC[C@@H](O)C4(C)C)[C@@]3(C)[C@@H](O)C[C@@]12C. The van der Waals surface area contributed by atoms with Gasteiger partial charge in [-0.2, -0.15) is 0 Å². The van der Waals surface area contributed by atoms with E-state index in [1.807, 2.05) is 0 Å². The number of hydrogen-bond acceptors (Lipinski definition) is 4. The van der Waals surface area contributed by atoms with E-state index < -0.39 is 11.7 Å². The molecule has 0 radical (unpaired) electrons. The van der Waals surface area contributed by atoms with Crippen molar-refractivity contribution in [1.82, 2.24) is 0 Å². The number of rotatable bonds is 5. The van der Waals surface area contributed by atoms with E-state index in [4.69, 9.17) is 0 Å². The maximum absolute atomic E-state index is 11.9. The minimum absolute atomic E-state index is 0.0603. The molecular formula is C30H52O4. The van der Waals surface area contributed by atoms with Gasteiger partial charge in [-0.3, -0.25) is 0 Å². The molecule has 0 aliphatic heterocycles. The molecule has 196 valence electrons. The van der Waals surface area contributed by atoms with Crippen LogP contribution in [0.25, 0.3) is 0 Å². The van der Waals surface area contributed by atoms with E-state index in [1.165, 1.54) is 18.4 Å². The molecule has 0 saturated heterocycles. The van der Waals surface area contributed by atoms with Gasteiger partial charge in [0.15, 0.2) is 0 Å². The maximum Gasteiger partial charge on any atom is 0.0849 e. The summed E-state index contributed by atoms with van der Waals surface area (Å²) in [5.41, 5.74) is 0.184. The number of allylic oxidation sites excluding steroid dienone is 1. The minimum atomic E-state index is -1.07. The molecule has 0 amide bonds. The van der Waals surface area contributed by atoms with Crippen LogP contribution in [0.4, 0.5) is 0 Å². The normalized spacial score (nSPS) is 47.8. The summed E-state index contributed by atoms with van der Waals surface area (Å²) >= 11 is 0. The third-order valence-corrected chi connectivity index (χ3v) is 12.4. The minimum Gasteiger partial charge on any atom is -0.393 e. The lowest BCUT2D eigenvalue weighted by Gasteiger charge is -2.67. The van der Waals surface area contributed by atoms with Gasteiger partial charge in [-0.25, -0.2) is 0 Å². The van der Waals surface area contributed by atoms with Crippen molar-refractivity contribution in [2.24, 2.45) is 45.3 Å². The summed E-state index contributed by atoms with van der Waals surface area (Å²) in [6.07, 6.45) is 8.64. The Morgan fingerprint density at radius 2 is 1.62 bits per heavy atom. The van der Waals surface area contributed by atoms with Crippen LogP contribution in [0.1, 0.15) is 107 Å². The first-order valence-corrected chi connectivity index (χ1v) is 14.0. The van der Waals surface area contributed by atoms with Crippen molar-refractivity contribution in [2.75, 3.05) is 0 Å². The van der Waals surface area contributed by atoms with Gasteiger partial charge in [-0.1, -0.05) is 53.2 Å². The molecule has 4 N–H and O–H groups in total. The largest absolute Gasteiger partial charge is 0.393 e. The topological polar surface area (TPSA) is 80.9 Å². The first kappa shape index (κ1) is 26.6. The van der Waals surface area contributed by atoms with Gasteiger partial charge in [0.25, 0.3) is 0 Å². The van der Waals surface area contributed by atoms with Crippen LogP contribution in [0, 0.1) is 45.3 Å². The second-order valence-corrected chi connectivity index (χ2v) is 14.6. The predicted octanol–water partition coefficient (Wildman–Crippen LogP) is 5.47. The monoisotopic (exact) mass is 476 g/mol.